The molecule has 1 heterocycles. The number of hydrogen-bond donors (Lipinski definition) is 1. The van der Waals surface area contributed by atoms with Crippen LogP contribution in [0, 0.1) is 0 Å². The molecule has 20 heavy (non-hydrogen) atoms. The third-order valence-electron chi connectivity index (χ3n) is 2.93. The van der Waals surface area contributed by atoms with Gasteiger partial charge in [-0.25, -0.2) is 0 Å². The van der Waals surface area contributed by atoms with E-state index in [2.05, 4.69) is 5.32 Å². The van der Waals surface area contributed by atoms with Crippen molar-refractivity contribution in [3.05, 3.63) is 30.0 Å². The van der Waals surface area contributed by atoms with Crippen molar-refractivity contribution in [3.63, 3.8) is 0 Å². The van der Waals surface area contributed by atoms with Crippen LogP contribution in [0.1, 0.15) is 5.76 Å². The number of fused-ring (bicyclic) bond motifs is 1. The van der Waals surface area contributed by atoms with Crippen LogP contribution in [-0.4, -0.2) is 40.6 Å². The maximum Gasteiger partial charge on any atom is 0.176 e. The van der Waals surface area contributed by atoms with Gasteiger partial charge in [0.1, 0.15) is 5.76 Å². The minimum absolute atomic E-state index is 0.625. The average molecular weight is 279 g/mol. The molecule has 0 aliphatic carbocycles. The molecule has 1 aromatic carbocycles. The standard InChI is InChI=1S/C15H21NO4/c1-17-8-9-19-7-6-16-11-13-10-12-4-3-5-14(18-2)15(12)20-13/h3-5,10,16H,6-9,11H2,1-2H3. The van der Waals surface area contributed by atoms with Gasteiger partial charge < -0.3 is 23.9 Å². The zero-order valence-corrected chi connectivity index (χ0v) is 12.0. The summed E-state index contributed by atoms with van der Waals surface area (Å²) in [7, 11) is 3.31. The third kappa shape index (κ3) is 3.96. The minimum atomic E-state index is 0.625. The molecule has 0 amide bonds. The van der Waals surface area contributed by atoms with Gasteiger partial charge in [-0.3, -0.25) is 0 Å². The van der Waals surface area contributed by atoms with Crippen LogP contribution < -0.4 is 10.1 Å². The van der Waals surface area contributed by atoms with E-state index in [9.17, 15) is 0 Å². The molecule has 0 bridgehead atoms. The van der Waals surface area contributed by atoms with E-state index in [1.54, 1.807) is 14.2 Å². The first-order valence-electron chi connectivity index (χ1n) is 6.68. The molecule has 0 saturated carbocycles. The Labute approximate surface area is 118 Å². The van der Waals surface area contributed by atoms with Gasteiger partial charge in [0.05, 0.1) is 33.5 Å². The molecule has 0 fully saturated rings. The molecule has 2 rings (SSSR count). The highest BCUT2D eigenvalue weighted by Crippen LogP contribution is 2.28. The van der Waals surface area contributed by atoms with Gasteiger partial charge >= 0.3 is 0 Å². The second-order valence-corrected chi connectivity index (χ2v) is 4.37. The lowest BCUT2D eigenvalue weighted by atomic mass is 10.2. The Morgan fingerprint density at radius 2 is 2.05 bits per heavy atom. The second-order valence-electron chi connectivity index (χ2n) is 4.37. The van der Waals surface area contributed by atoms with Gasteiger partial charge in [-0.2, -0.15) is 0 Å². The summed E-state index contributed by atoms with van der Waals surface area (Å²) < 4.78 is 21.3. The molecule has 0 spiro atoms. The summed E-state index contributed by atoms with van der Waals surface area (Å²) in [5.74, 6) is 1.65. The molecular weight excluding hydrogens is 258 g/mol. The van der Waals surface area contributed by atoms with E-state index < -0.39 is 0 Å². The first-order chi connectivity index (χ1) is 9.85. The van der Waals surface area contributed by atoms with Gasteiger partial charge in [-0.05, 0) is 12.1 Å². The molecule has 0 saturated heterocycles. The van der Waals surface area contributed by atoms with Crippen LogP contribution in [0.3, 0.4) is 0 Å². The number of nitrogens with one attached hydrogen (secondary N) is 1. The summed E-state index contributed by atoms with van der Waals surface area (Å²) in [4.78, 5) is 0. The molecule has 5 heteroatoms. The van der Waals surface area contributed by atoms with Crippen molar-refractivity contribution in [1.29, 1.82) is 0 Å². The van der Waals surface area contributed by atoms with E-state index in [4.69, 9.17) is 18.6 Å². The number of furan rings is 1. The Morgan fingerprint density at radius 1 is 1.15 bits per heavy atom. The summed E-state index contributed by atoms with van der Waals surface area (Å²) in [5.41, 5.74) is 0.795. The van der Waals surface area contributed by atoms with Gasteiger partial charge in [0.25, 0.3) is 0 Å². The smallest absolute Gasteiger partial charge is 0.176 e. The highest BCUT2D eigenvalue weighted by atomic mass is 16.5. The highest BCUT2D eigenvalue weighted by Gasteiger charge is 2.07. The summed E-state index contributed by atoms with van der Waals surface area (Å²) in [6.45, 7) is 3.36. The Bertz CT molecular complexity index is 524. The van der Waals surface area contributed by atoms with Crippen LogP contribution >= 0.6 is 0 Å². The zero-order chi connectivity index (χ0) is 14.2. The van der Waals surface area contributed by atoms with Gasteiger partial charge in [0.15, 0.2) is 11.3 Å². The van der Waals surface area contributed by atoms with E-state index in [1.807, 2.05) is 24.3 Å². The maximum absolute atomic E-state index is 5.79. The van der Waals surface area contributed by atoms with Gasteiger partial charge in [0.2, 0.25) is 0 Å². The van der Waals surface area contributed by atoms with Crippen LogP contribution in [0.15, 0.2) is 28.7 Å². The molecule has 2 aromatic rings. The van der Waals surface area contributed by atoms with Crippen LogP contribution in [0.25, 0.3) is 11.0 Å². The molecule has 0 unspecified atom stereocenters. The molecule has 1 aromatic heterocycles. The molecule has 5 nitrogen and oxygen atoms in total. The predicted molar refractivity (Wildman–Crippen MR) is 77.2 cm³/mol. The lowest BCUT2D eigenvalue weighted by Crippen LogP contribution is -2.19. The summed E-state index contributed by atoms with van der Waals surface area (Å²) in [5, 5.41) is 4.33. The number of ether oxygens (including phenoxy) is 3. The molecule has 110 valence electrons. The monoisotopic (exact) mass is 279 g/mol. The number of methoxy groups -OCH3 is 2. The highest BCUT2D eigenvalue weighted by molar-refractivity contribution is 5.83. The van der Waals surface area contributed by atoms with Crippen molar-refractivity contribution in [2.75, 3.05) is 40.6 Å². The number of benzene rings is 1. The fourth-order valence-corrected chi connectivity index (χ4v) is 1.94. The third-order valence-corrected chi connectivity index (χ3v) is 2.93. The van der Waals surface area contributed by atoms with Gasteiger partial charge in [0, 0.05) is 19.0 Å². The molecule has 0 atom stereocenters. The van der Waals surface area contributed by atoms with E-state index >= 15 is 0 Å². The van der Waals surface area contributed by atoms with Gasteiger partial charge in [-0.1, -0.05) is 12.1 Å². The second kappa shape index (κ2) is 7.89. The van der Waals surface area contributed by atoms with E-state index in [0.29, 0.717) is 26.4 Å². The normalized spacial score (nSPS) is 11.1. The maximum atomic E-state index is 5.79. The van der Waals surface area contributed by atoms with Crippen molar-refractivity contribution in [2.24, 2.45) is 0 Å². The number of rotatable bonds is 9. The summed E-state index contributed by atoms with van der Waals surface area (Å²) >= 11 is 0. The average Bonchev–Trinajstić information content (AvgIpc) is 2.89. The van der Waals surface area contributed by atoms with Crippen LogP contribution in [0.4, 0.5) is 0 Å². The lowest BCUT2D eigenvalue weighted by Gasteiger charge is -2.04. The topological polar surface area (TPSA) is 52.9 Å². The fourth-order valence-electron chi connectivity index (χ4n) is 1.94. The van der Waals surface area contributed by atoms with Crippen LogP contribution in [-0.2, 0) is 16.0 Å². The Hall–Kier alpha value is -1.56. The van der Waals surface area contributed by atoms with Crippen molar-refractivity contribution in [3.8, 4) is 5.75 Å². The zero-order valence-electron chi connectivity index (χ0n) is 12.0. The molecule has 0 aliphatic heterocycles. The quantitative estimate of drug-likeness (QED) is 0.713. The largest absolute Gasteiger partial charge is 0.493 e. The van der Waals surface area contributed by atoms with Crippen molar-refractivity contribution in [1.82, 2.24) is 5.32 Å². The van der Waals surface area contributed by atoms with Crippen molar-refractivity contribution >= 4 is 11.0 Å². The number of para-hydroxylation sites is 1. The molecule has 0 radical (unpaired) electrons. The summed E-state index contributed by atoms with van der Waals surface area (Å²) in [6, 6.07) is 7.89. The first-order valence-corrected chi connectivity index (χ1v) is 6.68. The SMILES string of the molecule is COCCOCCNCc1cc2cccc(OC)c2o1. The minimum Gasteiger partial charge on any atom is -0.493 e. The first kappa shape index (κ1) is 14.8. The van der Waals surface area contributed by atoms with E-state index in [-0.39, 0.29) is 0 Å². The number of hydrogen-bond acceptors (Lipinski definition) is 5. The van der Waals surface area contributed by atoms with Crippen LogP contribution in [0.5, 0.6) is 5.75 Å². The van der Waals surface area contributed by atoms with Crippen molar-refractivity contribution in [2.45, 2.75) is 6.54 Å². The van der Waals surface area contributed by atoms with E-state index in [0.717, 1.165) is 29.0 Å². The van der Waals surface area contributed by atoms with Crippen molar-refractivity contribution < 1.29 is 18.6 Å². The van der Waals surface area contributed by atoms with E-state index in [1.165, 1.54) is 0 Å². The molecule has 1 N–H and O–H groups in total. The predicted octanol–water partition coefficient (Wildman–Crippen LogP) is 2.19. The molecular formula is C15H21NO4. The fraction of sp³-hybridized carbons (Fsp3) is 0.467. The lowest BCUT2D eigenvalue weighted by molar-refractivity contribution is 0.0718. The Kier molecular flexibility index (Phi) is 5.86. The van der Waals surface area contributed by atoms with Gasteiger partial charge in [-0.15, -0.1) is 0 Å². The summed E-state index contributed by atoms with van der Waals surface area (Å²) in [6.07, 6.45) is 0. The Morgan fingerprint density at radius 3 is 2.85 bits per heavy atom. The molecule has 0 aliphatic rings. The van der Waals surface area contributed by atoms with Crippen LogP contribution in [0.2, 0.25) is 0 Å². The Balaban J connectivity index is 1.79.